The molecule has 1 saturated carbocycles. The number of urea groups is 1. The van der Waals surface area contributed by atoms with E-state index in [1.807, 2.05) is 6.92 Å². The summed E-state index contributed by atoms with van der Waals surface area (Å²) in [6.07, 6.45) is 8.15. The van der Waals surface area contributed by atoms with E-state index < -0.39 is 12.1 Å². The van der Waals surface area contributed by atoms with E-state index in [1.54, 1.807) is 54.1 Å². The number of aliphatic hydroxyl groups is 1. The van der Waals surface area contributed by atoms with Crippen LogP contribution in [0, 0.1) is 5.92 Å². The zero-order valence-electron chi connectivity index (χ0n) is 22.9. The van der Waals surface area contributed by atoms with Crippen LogP contribution in [-0.2, 0) is 0 Å². The van der Waals surface area contributed by atoms with E-state index in [0.29, 0.717) is 30.1 Å². The molecule has 10 nitrogen and oxygen atoms in total. The number of ether oxygens (including phenoxy) is 1. The molecule has 0 spiro atoms. The van der Waals surface area contributed by atoms with E-state index in [9.17, 15) is 19.5 Å². The number of fused-ring (bicyclic) bond motifs is 1. The van der Waals surface area contributed by atoms with Gasteiger partial charge < -0.3 is 30.3 Å². The maximum Gasteiger partial charge on any atom is 0.317 e. The van der Waals surface area contributed by atoms with Crippen molar-refractivity contribution in [3.63, 3.8) is 0 Å². The van der Waals surface area contributed by atoms with E-state index in [2.05, 4.69) is 15.6 Å². The number of aliphatic hydroxyl groups excluding tert-OH is 1. The summed E-state index contributed by atoms with van der Waals surface area (Å²) in [7, 11) is 1.75. The first kappa shape index (κ1) is 28.4. The van der Waals surface area contributed by atoms with Crippen molar-refractivity contribution in [1.29, 1.82) is 0 Å². The molecule has 3 N–H and O–H groups in total. The number of aromatic nitrogens is 1. The summed E-state index contributed by atoms with van der Waals surface area (Å²) in [6, 6.07) is 7.81. The molecule has 0 radical (unpaired) electrons. The Morgan fingerprint density at radius 1 is 1.18 bits per heavy atom. The topological polar surface area (TPSA) is 124 Å². The molecule has 0 saturated heterocycles. The Morgan fingerprint density at radius 3 is 2.59 bits per heavy atom. The minimum atomic E-state index is -0.422. The fraction of sp³-hybridized carbons (Fsp3) is 0.517. The first-order valence-electron chi connectivity index (χ1n) is 13.7. The summed E-state index contributed by atoms with van der Waals surface area (Å²) in [5.41, 5.74) is 1.17. The van der Waals surface area contributed by atoms with Gasteiger partial charge in [-0.05, 0) is 50.1 Å². The summed E-state index contributed by atoms with van der Waals surface area (Å²) in [6.45, 7) is 4.25. The molecule has 1 aromatic heterocycles. The Hall–Kier alpha value is -3.66. The number of nitrogens with zero attached hydrogens (tertiary/aromatic N) is 3. The highest BCUT2D eigenvalue weighted by Gasteiger charge is 2.34. The van der Waals surface area contributed by atoms with Crippen molar-refractivity contribution < 1.29 is 24.2 Å². The van der Waals surface area contributed by atoms with E-state index in [0.717, 1.165) is 25.7 Å². The van der Waals surface area contributed by atoms with Crippen molar-refractivity contribution in [3.8, 4) is 5.75 Å². The maximum atomic E-state index is 13.6. The van der Waals surface area contributed by atoms with Crippen LogP contribution in [0.2, 0.25) is 0 Å². The molecule has 1 aromatic carbocycles. The van der Waals surface area contributed by atoms with Crippen LogP contribution < -0.4 is 15.4 Å². The predicted octanol–water partition coefficient (Wildman–Crippen LogP) is 3.53. The van der Waals surface area contributed by atoms with Crippen molar-refractivity contribution >= 4 is 23.5 Å². The molecule has 0 bridgehead atoms. The molecule has 1 fully saturated rings. The highest BCUT2D eigenvalue weighted by molar-refractivity contribution is 6.05. The van der Waals surface area contributed by atoms with Crippen LogP contribution in [0.15, 0.2) is 42.7 Å². The van der Waals surface area contributed by atoms with Gasteiger partial charge in [-0.15, -0.1) is 0 Å². The number of carbonyl (C=O) groups excluding carboxylic acids is 3. The van der Waals surface area contributed by atoms with Crippen molar-refractivity contribution in [3.05, 3.63) is 53.9 Å². The quantitative estimate of drug-likeness (QED) is 0.497. The number of rotatable bonds is 7. The average molecular weight is 538 g/mol. The minimum absolute atomic E-state index is 0.118. The SMILES string of the molecule is C[C@H](CO)N1C[C@H](C)[C@H](CN(C)C(=O)NC2CCCCC2)Oc2ccc(NC(=O)c3ccncc3)cc2C1=O. The lowest BCUT2D eigenvalue weighted by molar-refractivity contribution is 0.0366. The Kier molecular flexibility index (Phi) is 9.40. The van der Waals surface area contributed by atoms with E-state index in [4.69, 9.17) is 4.74 Å². The second-order valence-corrected chi connectivity index (χ2v) is 10.7. The predicted molar refractivity (Wildman–Crippen MR) is 148 cm³/mol. The largest absolute Gasteiger partial charge is 0.487 e. The van der Waals surface area contributed by atoms with E-state index in [1.165, 1.54) is 18.8 Å². The molecule has 210 valence electrons. The van der Waals surface area contributed by atoms with Gasteiger partial charge >= 0.3 is 6.03 Å². The van der Waals surface area contributed by atoms with Gasteiger partial charge in [0.15, 0.2) is 0 Å². The number of anilines is 1. The molecule has 0 unspecified atom stereocenters. The first-order chi connectivity index (χ1) is 18.8. The van der Waals surface area contributed by atoms with Crippen LogP contribution in [0.25, 0.3) is 0 Å². The zero-order valence-corrected chi connectivity index (χ0v) is 22.9. The van der Waals surface area contributed by atoms with Gasteiger partial charge in [-0.1, -0.05) is 26.2 Å². The van der Waals surface area contributed by atoms with Crippen molar-refractivity contribution in [2.75, 3.05) is 32.1 Å². The molecule has 4 amide bonds. The Morgan fingerprint density at radius 2 is 1.90 bits per heavy atom. The number of likely N-dealkylation sites (N-methyl/N-ethyl adjacent to an activating group) is 1. The molecule has 1 aliphatic heterocycles. The number of nitrogens with one attached hydrogen (secondary N) is 2. The van der Waals surface area contributed by atoms with Gasteiger partial charge in [0, 0.05) is 49.2 Å². The molecule has 4 rings (SSSR count). The van der Waals surface area contributed by atoms with Crippen LogP contribution in [0.5, 0.6) is 5.75 Å². The second-order valence-electron chi connectivity index (χ2n) is 10.7. The van der Waals surface area contributed by atoms with Gasteiger partial charge in [0.05, 0.1) is 24.8 Å². The normalized spacial score (nSPS) is 20.6. The second kappa shape index (κ2) is 12.9. The van der Waals surface area contributed by atoms with Crippen LogP contribution in [0.4, 0.5) is 10.5 Å². The smallest absolute Gasteiger partial charge is 0.317 e. The number of benzene rings is 1. The van der Waals surface area contributed by atoms with Gasteiger partial charge in [-0.3, -0.25) is 14.6 Å². The molecule has 3 atom stereocenters. The average Bonchev–Trinajstić information content (AvgIpc) is 2.95. The molecular weight excluding hydrogens is 498 g/mol. The van der Waals surface area contributed by atoms with Gasteiger partial charge in [0.25, 0.3) is 11.8 Å². The van der Waals surface area contributed by atoms with Crippen molar-refractivity contribution in [2.45, 2.75) is 64.1 Å². The van der Waals surface area contributed by atoms with E-state index in [-0.39, 0.29) is 42.0 Å². The Balaban J connectivity index is 1.56. The van der Waals surface area contributed by atoms with Gasteiger partial charge in [0.2, 0.25) is 0 Å². The number of carbonyl (C=O) groups is 3. The number of amides is 4. The highest BCUT2D eigenvalue weighted by atomic mass is 16.5. The molecule has 2 aliphatic rings. The lowest BCUT2D eigenvalue weighted by Gasteiger charge is -2.38. The van der Waals surface area contributed by atoms with Crippen LogP contribution in [-0.4, -0.2) is 82.7 Å². The lowest BCUT2D eigenvalue weighted by Crippen LogP contribution is -2.52. The van der Waals surface area contributed by atoms with Crippen LogP contribution >= 0.6 is 0 Å². The van der Waals surface area contributed by atoms with Gasteiger partial charge in [0.1, 0.15) is 11.9 Å². The Labute approximate surface area is 229 Å². The molecule has 2 aromatic rings. The number of pyridine rings is 1. The molecule has 10 heteroatoms. The fourth-order valence-corrected chi connectivity index (χ4v) is 5.11. The van der Waals surface area contributed by atoms with Gasteiger partial charge in [-0.2, -0.15) is 0 Å². The summed E-state index contributed by atoms with van der Waals surface area (Å²) in [5, 5.41) is 15.9. The molecule has 2 heterocycles. The monoisotopic (exact) mass is 537 g/mol. The lowest BCUT2D eigenvalue weighted by atomic mass is 9.96. The first-order valence-corrected chi connectivity index (χ1v) is 13.7. The molecule has 1 aliphatic carbocycles. The van der Waals surface area contributed by atoms with E-state index >= 15 is 0 Å². The summed E-state index contributed by atoms with van der Waals surface area (Å²) >= 11 is 0. The third-order valence-corrected chi connectivity index (χ3v) is 7.60. The zero-order chi connectivity index (χ0) is 27.9. The highest BCUT2D eigenvalue weighted by Crippen LogP contribution is 2.31. The number of hydrogen-bond acceptors (Lipinski definition) is 6. The molecule has 39 heavy (non-hydrogen) atoms. The summed E-state index contributed by atoms with van der Waals surface area (Å²) in [5.74, 6) is -0.365. The van der Waals surface area contributed by atoms with Crippen molar-refractivity contribution in [1.82, 2.24) is 20.1 Å². The standard InChI is InChI=1S/C29H39N5O5/c1-19-16-34(20(2)18-35)28(37)24-15-23(31-27(36)21-11-13-30-14-12-21)9-10-25(24)39-26(19)17-33(3)29(38)32-22-7-5-4-6-8-22/h9-15,19-20,22,26,35H,4-8,16-18H2,1-3H3,(H,31,36)(H,32,38)/t19-,20+,26-/m0/s1. The minimum Gasteiger partial charge on any atom is -0.487 e. The Bertz CT molecular complexity index is 1150. The van der Waals surface area contributed by atoms with Crippen LogP contribution in [0.1, 0.15) is 66.7 Å². The molecular formula is C29H39N5O5. The summed E-state index contributed by atoms with van der Waals surface area (Å²) < 4.78 is 6.38. The third-order valence-electron chi connectivity index (χ3n) is 7.60. The summed E-state index contributed by atoms with van der Waals surface area (Å²) in [4.78, 5) is 46.5. The van der Waals surface area contributed by atoms with Crippen LogP contribution in [0.3, 0.4) is 0 Å². The fourth-order valence-electron chi connectivity index (χ4n) is 5.11. The maximum absolute atomic E-state index is 13.6. The number of hydrogen-bond donors (Lipinski definition) is 3. The van der Waals surface area contributed by atoms with Crippen molar-refractivity contribution in [2.24, 2.45) is 5.92 Å². The van der Waals surface area contributed by atoms with Gasteiger partial charge in [-0.25, -0.2) is 4.79 Å². The third kappa shape index (κ3) is 7.06.